The average molecular weight is 543 g/mol. The molecule has 2 heterocycles. The number of esters is 1. The number of para-hydroxylation sites is 1. The van der Waals surface area contributed by atoms with Crippen molar-refractivity contribution in [1.82, 2.24) is 4.90 Å². The summed E-state index contributed by atoms with van der Waals surface area (Å²) in [5.74, 6) is -1.24. The number of amides is 1. The fourth-order valence-electron chi connectivity index (χ4n) is 6.04. The van der Waals surface area contributed by atoms with Gasteiger partial charge >= 0.3 is 5.97 Å². The van der Waals surface area contributed by atoms with Gasteiger partial charge in [-0.05, 0) is 41.3 Å². The molecule has 1 fully saturated rings. The number of aliphatic hydroxyl groups is 1. The third kappa shape index (κ3) is 5.94. The number of rotatable bonds is 8. The first-order valence-electron chi connectivity index (χ1n) is 13.9. The molecule has 4 atom stereocenters. The van der Waals surface area contributed by atoms with E-state index in [0.717, 1.165) is 16.8 Å². The van der Waals surface area contributed by atoms with Crippen LogP contribution >= 0.6 is 0 Å². The highest BCUT2D eigenvalue weighted by molar-refractivity contribution is 6.06. The van der Waals surface area contributed by atoms with Gasteiger partial charge in [-0.2, -0.15) is 0 Å². The second kappa shape index (κ2) is 12.0. The molecule has 1 saturated heterocycles. The zero-order valence-electron chi connectivity index (χ0n) is 22.8. The van der Waals surface area contributed by atoms with Crippen LogP contribution < -0.4 is 5.32 Å². The summed E-state index contributed by atoms with van der Waals surface area (Å²) in [6.45, 7) is 4.63. The molecule has 6 nitrogen and oxygen atoms in total. The lowest BCUT2D eigenvalue weighted by atomic mass is 9.82. The lowest BCUT2D eigenvalue weighted by Gasteiger charge is -2.36. The molecule has 2 unspecified atom stereocenters. The molecule has 0 radical (unpaired) electrons. The van der Waals surface area contributed by atoms with Crippen LogP contribution in [0.15, 0.2) is 96.2 Å². The lowest BCUT2D eigenvalue weighted by molar-refractivity contribution is -0.160. The van der Waals surface area contributed by atoms with Crippen molar-refractivity contribution in [2.24, 2.45) is 5.92 Å². The summed E-state index contributed by atoms with van der Waals surface area (Å²) in [5.41, 5.74) is 4.14. The first-order valence-corrected chi connectivity index (χ1v) is 13.9. The number of ether oxygens (including phenoxy) is 1. The molecule has 208 valence electrons. The average Bonchev–Trinajstić information content (AvgIpc) is 3.28. The van der Waals surface area contributed by atoms with Crippen LogP contribution in [-0.2, 0) is 14.3 Å². The molecule has 2 aliphatic heterocycles. The van der Waals surface area contributed by atoms with Crippen LogP contribution in [0.3, 0.4) is 0 Å². The van der Waals surface area contributed by atoms with Gasteiger partial charge in [0, 0.05) is 42.3 Å². The number of nitrogens with one attached hydrogen (secondary N) is 1. The summed E-state index contributed by atoms with van der Waals surface area (Å²) in [6, 6.07) is 25.5. The predicted octanol–water partition coefficient (Wildman–Crippen LogP) is 5.97. The van der Waals surface area contributed by atoms with E-state index in [9.17, 15) is 19.1 Å². The molecule has 0 bridgehead atoms. The van der Waals surface area contributed by atoms with Crippen molar-refractivity contribution < 1.29 is 23.8 Å². The molecule has 5 rings (SSSR count). The number of hydrogen-bond acceptors (Lipinski definition) is 5. The highest BCUT2D eigenvalue weighted by Crippen LogP contribution is 2.52. The smallest absolute Gasteiger partial charge is 0.308 e. The van der Waals surface area contributed by atoms with Crippen LogP contribution in [0.1, 0.15) is 56.2 Å². The Labute approximate surface area is 234 Å². The first-order chi connectivity index (χ1) is 19.3. The Balaban J connectivity index is 1.60. The predicted molar refractivity (Wildman–Crippen MR) is 152 cm³/mol. The lowest BCUT2D eigenvalue weighted by Crippen LogP contribution is -2.36. The Kier molecular flexibility index (Phi) is 8.31. The maximum Gasteiger partial charge on any atom is 0.308 e. The van der Waals surface area contributed by atoms with Crippen LogP contribution in [0.4, 0.5) is 10.1 Å². The summed E-state index contributed by atoms with van der Waals surface area (Å²) in [5, 5.41) is 13.3. The van der Waals surface area contributed by atoms with E-state index < -0.39 is 18.2 Å². The van der Waals surface area contributed by atoms with Crippen molar-refractivity contribution in [3.8, 4) is 0 Å². The van der Waals surface area contributed by atoms with Gasteiger partial charge in [0.1, 0.15) is 11.9 Å². The van der Waals surface area contributed by atoms with E-state index in [1.54, 1.807) is 12.1 Å². The molecule has 0 spiro atoms. The van der Waals surface area contributed by atoms with Gasteiger partial charge in [-0.1, -0.05) is 74.5 Å². The number of carbonyl (C=O) groups excluding carboxylic acids is 2. The van der Waals surface area contributed by atoms with Crippen LogP contribution in [0, 0.1) is 11.7 Å². The SMILES string of the molecule is CC(C)C1=C(C(=O)Nc2ccccc2)C(c2ccccc2)C(c2ccc(F)cc2)N1CC[C@@H]1C[C@@H](O)CC(=O)O1. The van der Waals surface area contributed by atoms with E-state index in [1.807, 2.05) is 60.7 Å². The van der Waals surface area contributed by atoms with Crippen molar-refractivity contribution >= 4 is 17.6 Å². The van der Waals surface area contributed by atoms with Gasteiger partial charge in [0.05, 0.1) is 18.6 Å². The second-order valence-electron chi connectivity index (χ2n) is 10.8. The molecule has 2 aliphatic rings. The standard InChI is InChI=1S/C33H35FN2O4/c1-21(2)31-30(33(39)35-25-11-7-4-8-12-25)29(22-9-5-3-6-10-22)32(23-13-15-24(34)16-14-23)36(31)18-17-27-19-26(37)20-28(38)40-27/h3-16,21,26-27,29,32,37H,17-20H2,1-2H3,(H,35,39)/t26-,27-,29?,32?/m1/s1. The van der Waals surface area contributed by atoms with Crippen molar-refractivity contribution in [3.05, 3.63) is 113 Å². The van der Waals surface area contributed by atoms with E-state index in [-0.39, 0.29) is 36.0 Å². The zero-order valence-corrected chi connectivity index (χ0v) is 22.8. The third-order valence-electron chi connectivity index (χ3n) is 7.67. The minimum absolute atomic E-state index is 0.00678. The van der Waals surface area contributed by atoms with E-state index in [0.29, 0.717) is 30.6 Å². The van der Waals surface area contributed by atoms with E-state index in [1.165, 1.54) is 12.1 Å². The number of hydrogen-bond donors (Lipinski definition) is 2. The van der Waals surface area contributed by atoms with Crippen LogP contribution in [0.5, 0.6) is 0 Å². The minimum Gasteiger partial charge on any atom is -0.462 e. The van der Waals surface area contributed by atoms with Gasteiger partial charge < -0.3 is 20.1 Å². The van der Waals surface area contributed by atoms with Crippen LogP contribution in [0.2, 0.25) is 0 Å². The third-order valence-corrected chi connectivity index (χ3v) is 7.67. The molecule has 3 aromatic carbocycles. The quantitative estimate of drug-likeness (QED) is 0.343. The Bertz CT molecular complexity index is 1360. The number of allylic oxidation sites excluding steroid dienone is 1. The molecular weight excluding hydrogens is 507 g/mol. The Hall–Kier alpha value is -3.97. The summed E-state index contributed by atoms with van der Waals surface area (Å²) in [4.78, 5) is 28.4. The molecule has 0 aliphatic carbocycles. The number of benzene rings is 3. The molecular formula is C33H35FN2O4. The van der Waals surface area contributed by atoms with Crippen molar-refractivity contribution in [3.63, 3.8) is 0 Å². The monoisotopic (exact) mass is 542 g/mol. The number of anilines is 1. The van der Waals surface area contributed by atoms with Gasteiger partial charge in [-0.15, -0.1) is 0 Å². The van der Waals surface area contributed by atoms with Gasteiger partial charge in [0.25, 0.3) is 5.91 Å². The van der Waals surface area contributed by atoms with E-state index in [4.69, 9.17) is 4.74 Å². The van der Waals surface area contributed by atoms with Gasteiger partial charge in [-0.3, -0.25) is 9.59 Å². The summed E-state index contributed by atoms with van der Waals surface area (Å²) in [7, 11) is 0. The Morgan fingerprint density at radius 3 is 2.27 bits per heavy atom. The van der Waals surface area contributed by atoms with Gasteiger partial charge in [0.15, 0.2) is 0 Å². The van der Waals surface area contributed by atoms with E-state index >= 15 is 0 Å². The molecule has 0 aromatic heterocycles. The Morgan fingerprint density at radius 1 is 1.00 bits per heavy atom. The fraction of sp³-hybridized carbons (Fsp3) is 0.333. The first kappa shape index (κ1) is 27.6. The number of nitrogens with zero attached hydrogens (tertiary/aromatic N) is 1. The van der Waals surface area contributed by atoms with Crippen molar-refractivity contribution in [2.75, 3.05) is 11.9 Å². The van der Waals surface area contributed by atoms with Gasteiger partial charge in [-0.25, -0.2) is 4.39 Å². The molecule has 40 heavy (non-hydrogen) atoms. The summed E-state index contributed by atoms with van der Waals surface area (Å²) in [6.07, 6.45) is -0.260. The van der Waals surface area contributed by atoms with Crippen LogP contribution in [0.25, 0.3) is 0 Å². The largest absolute Gasteiger partial charge is 0.462 e. The molecule has 2 N–H and O–H groups in total. The maximum atomic E-state index is 14.1. The minimum atomic E-state index is -0.720. The van der Waals surface area contributed by atoms with Crippen LogP contribution in [-0.4, -0.2) is 40.6 Å². The van der Waals surface area contributed by atoms with E-state index in [2.05, 4.69) is 24.1 Å². The second-order valence-corrected chi connectivity index (χ2v) is 10.8. The summed E-state index contributed by atoms with van der Waals surface area (Å²) < 4.78 is 19.6. The van der Waals surface area contributed by atoms with Crippen molar-refractivity contribution in [1.29, 1.82) is 0 Å². The number of cyclic esters (lactones) is 1. The maximum absolute atomic E-state index is 14.1. The molecule has 0 saturated carbocycles. The fourth-order valence-corrected chi connectivity index (χ4v) is 6.04. The number of carbonyl (C=O) groups is 2. The number of halogens is 1. The summed E-state index contributed by atoms with van der Waals surface area (Å²) >= 11 is 0. The van der Waals surface area contributed by atoms with Gasteiger partial charge in [0.2, 0.25) is 0 Å². The highest BCUT2D eigenvalue weighted by Gasteiger charge is 2.46. The topological polar surface area (TPSA) is 78.9 Å². The normalized spacial score (nSPS) is 22.9. The van der Waals surface area contributed by atoms with Crippen molar-refractivity contribution in [2.45, 2.75) is 57.3 Å². The number of aliphatic hydroxyl groups excluding tert-OH is 1. The molecule has 1 amide bonds. The zero-order chi connectivity index (χ0) is 28.2. The Morgan fingerprint density at radius 2 is 1.65 bits per heavy atom. The molecule has 3 aromatic rings. The highest BCUT2D eigenvalue weighted by atomic mass is 19.1. The molecule has 7 heteroatoms.